The first-order chi connectivity index (χ1) is 15.6. The van der Waals surface area contributed by atoms with Gasteiger partial charge in [0.25, 0.3) is 0 Å². The maximum absolute atomic E-state index is 12.3. The molecule has 11 heteroatoms. The molecule has 1 aromatic carbocycles. The van der Waals surface area contributed by atoms with Gasteiger partial charge in [-0.1, -0.05) is 32.0 Å². The molecule has 33 heavy (non-hydrogen) atoms. The highest BCUT2D eigenvalue weighted by atomic mass is 16.4. The number of fused-ring (bicyclic) bond motifs is 1. The van der Waals surface area contributed by atoms with Crippen LogP contribution in [0.15, 0.2) is 30.5 Å². The van der Waals surface area contributed by atoms with Crippen molar-refractivity contribution >= 4 is 34.6 Å². The minimum Gasteiger partial charge on any atom is -0.480 e. The number of aliphatic hydroxyl groups excluding tert-OH is 1. The monoisotopic (exact) mass is 461 g/mol. The average Bonchev–Trinajstić information content (AvgIpc) is 3.17. The number of nitrogens with one attached hydrogen (secondary N) is 4. The van der Waals surface area contributed by atoms with Crippen LogP contribution in [0.4, 0.5) is 0 Å². The molecule has 8 N–H and O–H groups in total. The van der Waals surface area contributed by atoms with E-state index in [4.69, 9.17) is 5.73 Å². The second-order valence-electron chi connectivity index (χ2n) is 8.22. The van der Waals surface area contributed by atoms with Crippen LogP contribution in [0.5, 0.6) is 0 Å². The van der Waals surface area contributed by atoms with Crippen LogP contribution in [-0.2, 0) is 25.6 Å². The second kappa shape index (κ2) is 12.0. The largest absolute Gasteiger partial charge is 0.480 e. The summed E-state index contributed by atoms with van der Waals surface area (Å²) in [6, 6.07) is 4.04. The molecule has 0 aliphatic rings. The van der Waals surface area contributed by atoms with Gasteiger partial charge in [0.15, 0.2) is 0 Å². The van der Waals surface area contributed by atoms with Gasteiger partial charge in [0.05, 0.1) is 19.2 Å². The number of hydrogen-bond acceptors (Lipinski definition) is 6. The summed E-state index contributed by atoms with van der Waals surface area (Å²) in [5.41, 5.74) is 7.34. The molecule has 0 spiro atoms. The molecule has 0 fully saturated rings. The molecule has 180 valence electrons. The number of aromatic amines is 1. The van der Waals surface area contributed by atoms with E-state index in [1.54, 1.807) is 6.20 Å². The molecule has 1 heterocycles. The van der Waals surface area contributed by atoms with Crippen molar-refractivity contribution in [1.82, 2.24) is 20.9 Å². The summed E-state index contributed by atoms with van der Waals surface area (Å²) in [5, 5.41) is 26.8. The van der Waals surface area contributed by atoms with E-state index in [-0.39, 0.29) is 12.3 Å². The predicted molar refractivity (Wildman–Crippen MR) is 121 cm³/mol. The van der Waals surface area contributed by atoms with E-state index in [9.17, 15) is 29.4 Å². The Hall–Kier alpha value is -3.44. The standard InChI is InChI=1S/C22H31N5O6/c1-12(2)7-15(23)20(30)27-18(11-28)21(31)25-10-19(29)26-17(22(32)33)8-13-9-24-16-6-4-3-5-14(13)16/h3-6,9,12,15,17-18,24,28H,7-8,10-11,23H2,1-2H3,(H,25,31)(H,26,29)(H,27,30)(H,32,33). The quantitative estimate of drug-likeness (QED) is 0.216. The number of H-pyrrole nitrogens is 1. The molecule has 0 bridgehead atoms. The van der Waals surface area contributed by atoms with Gasteiger partial charge in [-0.05, 0) is 24.0 Å². The topological polar surface area (TPSA) is 187 Å². The molecule has 0 aliphatic carbocycles. The Morgan fingerprint density at radius 2 is 1.76 bits per heavy atom. The van der Waals surface area contributed by atoms with Gasteiger partial charge in [0.2, 0.25) is 17.7 Å². The summed E-state index contributed by atoms with van der Waals surface area (Å²) in [6.45, 7) is 2.57. The van der Waals surface area contributed by atoms with E-state index in [1.165, 1.54) is 0 Å². The normalized spacial score (nSPS) is 13.8. The van der Waals surface area contributed by atoms with Gasteiger partial charge >= 0.3 is 5.97 Å². The van der Waals surface area contributed by atoms with Crippen LogP contribution in [-0.4, -0.2) is 70.2 Å². The van der Waals surface area contributed by atoms with Gasteiger partial charge in [0, 0.05) is 23.5 Å². The van der Waals surface area contributed by atoms with Crippen molar-refractivity contribution in [1.29, 1.82) is 0 Å². The number of aliphatic carboxylic acids is 1. The third-order valence-corrected chi connectivity index (χ3v) is 5.03. The SMILES string of the molecule is CC(C)CC(N)C(=O)NC(CO)C(=O)NCC(=O)NC(Cc1c[nH]c2ccccc12)C(=O)O. The van der Waals surface area contributed by atoms with Crippen LogP contribution in [0.2, 0.25) is 0 Å². The number of nitrogens with two attached hydrogens (primary N) is 1. The number of amides is 3. The molecule has 11 nitrogen and oxygen atoms in total. The third-order valence-electron chi connectivity index (χ3n) is 5.03. The highest BCUT2D eigenvalue weighted by Crippen LogP contribution is 2.19. The molecule has 0 saturated heterocycles. The first-order valence-corrected chi connectivity index (χ1v) is 10.6. The number of benzene rings is 1. The maximum atomic E-state index is 12.3. The van der Waals surface area contributed by atoms with Gasteiger partial charge in [0.1, 0.15) is 12.1 Å². The van der Waals surface area contributed by atoms with E-state index in [1.807, 2.05) is 38.1 Å². The molecular formula is C22H31N5O6. The lowest BCUT2D eigenvalue weighted by atomic mass is 10.0. The lowest BCUT2D eigenvalue weighted by Gasteiger charge is -2.20. The Bertz CT molecular complexity index is 989. The lowest BCUT2D eigenvalue weighted by Crippen LogP contribution is -2.55. The molecule has 2 rings (SSSR count). The van der Waals surface area contributed by atoms with Crippen molar-refractivity contribution in [3.8, 4) is 0 Å². The average molecular weight is 462 g/mol. The van der Waals surface area contributed by atoms with Crippen LogP contribution in [0.3, 0.4) is 0 Å². The maximum Gasteiger partial charge on any atom is 0.326 e. The van der Waals surface area contributed by atoms with Gasteiger partial charge in [-0.3, -0.25) is 14.4 Å². The minimum atomic E-state index is -1.29. The summed E-state index contributed by atoms with van der Waals surface area (Å²) in [6.07, 6.45) is 2.14. The third kappa shape index (κ3) is 7.58. The molecule has 2 aromatic rings. The number of carboxylic acid groups (broad SMARTS) is 1. The molecule has 1 aromatic heterocycles. The smallest absolute Gasteiger partial charge is 0.326 e. The molecule has 0 aliphatic heterocycles. The van der Waals surface area contributed by atoms with Crippen LogP contribution >= 0.6 is 0 Å². The minimum absolute atomic E-state index is 0.0437. The van der Waals surface area contributed by atoms with Crippen LogP contribution in [0.1, 0.15) is 25.8 Å². The first-order valence-electron chi connectivity index (χ1n) is 10.6. The van der Waals surface area contributed by atoms with E-state index < -0.39 is 55.0 Å². The number of hydrogen-bond donors (Lipinski definition) is 7. The molecule has 0 saturated carbocycles. The fourth-order valence-electron chi connectivity index (χ4n) is 3.34. The number of para-hydroxylation sites is 1. The summed E-state index contributed by atoms with van der Waals surface area (Å²) in [7, 11) is 0. The molecule has 3 atom stereocenters. The van der Waals surface area contributed by atoms with Crippen LogP contribution in [0, 0.1) is 5.92 Å². The van der Waals surface area contributed by atoms with E-state index in [0.717, 1.165) is 16.5 Å². The van der Waals surface area contributed by atoms with Crippen molar-refractivity contribution < 1.29 is 29.4 Å². The molecule has 3 amide bonds. The second-order valence-corrected chi connectivity index (χ2v) is 8.22. The van der Waals surface area contributed by atoms with Crippen molar-refractivity contribution in [3.05, 3.63) is 36.0 Å². The highest BCUT2D eigenvalue weighted by molar-refractivity contribution is 5.93. The number of carboxylic acids is 1. The zero-order valence-corrected chi connectivity index (χ0v) is 18.6. The summed E-state index contributed by atoms with van der Waals surface area (Å²) >= 11 is 0. The van der Waals surface area contributed by atoms with Gasteiger partial charge in [-0.25, -0.2) is 4.79 Å². The van der Waals surface area contributed by atoms with Crippen LogP contribution in [0.25, 0.3) is 10.9 Å². The Labute approximate surface area is 191 Å². The fraction of sp³-hybridized carbons (Fsp3) is 0.455. The van der Waals surface area contributed by atoms with Crippen molar-refractivity contribution in [2.75, 3.05) is 13.2 Å². The fourth-order valence-corrected chi connectivity index (χ4v) is 3.34. The Morgan fingerprint density at radius 3 is 2.39 bits per heavy atom. The highest BCUT2D eigenvalue weighted by Gasteiger charge is 2.25. The summed E-state index contributed by atoms with van der Waals surface area (Å²) in [5.74, 6) is -3.16. The number of rotatable bonds is 12. The number of carbonyl (C=O) groups is 4. The van der Waals surface area contributed by atoms with Crippen molar-refractivity contribution in [2.24, 2.45) is 11.7 Å². The lowest BCUT2D eigenvalue weighted by molar-refractivity contribution is -0.141. The Kier molecular flexibility index (Phi) is 9.37. The summed E-state index contributed by atoms with van der Waals surface area (Å²) < 4.78 is 0. The number of carbonyl (C=O) groups excluding carboxylic acids is 3. The zero-order chi connectivity index (χ0) is 24.5. The predicted octanol–water partition coefficient (Wildman–Crippen LogP) is -0.753. The van der Waals surface area contributed by atoms with E-state index >= 15 is 0 Å². The number of aliphatic hydroxyl groups is 1. The molecule has 0 radical (unpaired) electrons. The Balaban J connectivity index is 1.90. The summed E-state index contributed by atoms with van der Waals surface area (Å²) in [4.78, 5) is 51.3. The van der Waals surface area contributed by atoms with Crippen molar-refractivity contribution in [3.63, 3.8) is 0 Å². The first kappa shape index (κ1) is 25.8. The van der Waals surface area contributed by atoms with Gasteiger partial charge < -0.3 is 36.9 Å². The molecular weight excluding hydrogens is 430 g/mol. The Morgan fingerprint density at radius 1 is 1.06 bits per heavy atom. The van der Waals surface area contributed by atoms with E-state index in [0.29, 0.717) is 6.42 Å². The van der Waals surface area contributed by atoms with Gasteiger partial charge in [-0.2, -0.15) is 0 Å². The zero-order valence-electron chi connectivity index (χ0n) is 18.6. The van der Waals surface area contributed by atoms with Crippen molar-refractivity contribution in [2.45, 2.75) is 44.8 Å². The van der Waals surface area contributed by atoms with Crippen LogP contribution < -0.4 is 21.7 Å². The van der Waals surface area contributed by atoms with Gasteiger partial charge in [-0.15, -0.1) is 0 Å². The number of aromatic nitrogens is 1. The van der Waals surface area contributed by atoms with E-state index in [2.05, 4.69) is 20.9 Å². The molecule has 3 unspecified atom stereocenters.